The Labute approximate surface area is 158 Å². The quantitative estimate of drug-likeness (QED) is 0.753. The number of likely N-dealkylation sites (tertiary alicyclic amines) is 1. The highest BCUT2D eigenvalue weighted by atomic mass is 35.5. The molecule has 1 aliphatic carbocycles. The predicted octanol–water partition coefficient (Wildman–Crippen LogP) is 3.44. The lowest BCUT2D eigenvalue weighted by Crippen LogP contribution is -2.41. The molecule has 1 aromatic carbocycles. The molecular formula is C20H24ClFN2O2. The normalized spacial score (nSPS) is 25.2. The first-order chi connectivity index (χ1) is 12.3. The Kier molecular flexibility index (Phi) is 5.66. The fraction of sp³-hybridized carbons (Fsp3) is 0.500. The number of rotatable bonds is 4. The fourth-order valence-electron chi connectivity index (χ4n) is 3.90. The van der Waals surface area contributed by atoms with Crippen LogP contribution < -0.4 is 0 Å². The third kappa shape index (κ3) is 4.09. The molecule has 0 N–H and O–H groups in total. The van der Waals surface area contributed by atoms with Crippen LogP contribution in [0, 0.1) is 11.7 Å². The summed E-state index contributed by atoms with van der Waals surface area (Å²) in [6.45, 7) is 0.705. The zero-order valence-corrected chi connectivity index (χ0v) is 15.9. The van der Waals surface area contributed by atoms with E-state index in [4.69, 9.17) is 11.6 Å². The highest BCUT2D eigenvalue weighted by Gasteiger charge is 2.38. The van der Waals surface area contributed by atoms with E-state index in [-0.39, 0.29) is 29.5 Å². The van der Waals surface area contributed by atoms with Gasteiger partial charge >= 0.3 is 0 Å². The zero-order chi connectivity index (χ0) is 18.8. The molecule has 1 heterocycles. The summed E-state index contributed by atoms with van der Waals surface area (Å²) >= 11 is 6.11. The number of carbonyl (C=O) groups excluding carboxylic acids is 2. The maximum atomic E-state index is 13.2. The van der Waals surface area contributed by atoms with Gasteiger partial charge in [0.15, 0.2) is 5.78 Å². The van der Waals surface area contributed by atoms with E-state index in [0.717, 1.165) is 24.0 Å². The molecule has 1 saturated heterocycles. The standard InChI is InChI=1S/C20H24ClFN2O2/c1-23(2)12-15-10-17(5-6-19(15)25)24-8-7-14(20(24)26)9-13-3-4-16(22)11-18(13)21/h3-4,11-12,14,17H,5-10H2,1-2H3. The first kappa shape index (κ1) is 18.9. The van der Waals surface area contributed by atoms with E-state index in [1.165, 1.54) is 12.1 Å². The number of Topliss-reactive ketones (excluding diaryl/α,β-unsaturated/α-hetero) is 1. The Morgan fingerprint density at radius 3 is 2.77 bits per heavy atom. The van der Waals surface area contributed by atoms with Crippen LogP contribution in [0.5, 0.6) is 0 Å². The van der Waals surface area contributed by atoms with Crippen molar-refractivity contribution in [2.45, 2.75) is 38.1 Å². The minimum atomic E-state index is -0.370. The molecule has 2 unspecified atom stereocenters. The lowest BCUT2D eigenvalue weighted by molar-refractivity contribution is -0.134. The van der Waals surface area contributed by atoms with E-state index in [1.54, 1.807) is 6.07 Å². The third-order valence-corrected chi connectivity index (χ3v) is 5.56. The second-order valence-electron chi connectivity index (χ2n) is 7.39. The van der Waals surface area contributed by atoms with Crippen molar-refractivity contribution < 1.29 is 14.0 Å². The largest absolute Gasteiger partial charge is 0.383 e. The van der Waals surface area contributed by atoms with Gasteiger partial charge in [-0.3, -0.25) is 9.59 Å². The van der Waals surface area contributed by atoms with Gasteiger partial charge in [-0.05, 0) is 43.4 Å². The van der Waals surface area contributed by atoms with Crippen LogP contribution in [0.4, 0.5) is 4.39 Å². The number of amides is 1. The van der Waals surface area contributed by atoms with E-state index in [2.05, 4.69) is 0 Å². The second kappa shape index (κ2) is 7.78. The predicted molar refractivity (Wildman–Crippen MR) is 99.4 cm³/mol. The van der Waals surface area contributed by atoms with E-state index >= 15 is 0 Å². The van der Waals surface area contributed by atoms with Crippen molar-refractivity contribution in [3.63, 3.8) is 0 Å². The minimum Gasteiger partial charge on any atom is -0.383 e. The molecule has 0 bridgehead atoms. The van der Waals surface area contributed by atoms with Gasteiger partial charge in [0.25, 0.3) is 0 Å². The number of hydrogen-bond acceptors (Lipinski definition) is 3. The van der Waals surface area contributed by atoms with Crippen LogP contribution in [0.2, 0.25) is 5.02 Å². The lowest BCUT2D eigenvalue weighted by atomic mass is 9.89. The van der Waals surface area contributed by atoms with Crippen molar-refractivity contribution in [3.05, 3.63) is 46.4 Å². The summed E-state index contributed by atoms with van der Waals surface area (Å²) in [5.41, 5.74) is 1.60. The van der Waals surface area contributed by atoms with Gasteiger partial charge in [0.1, 0.15) is 5.82 Å². The van der Waals surface area contributed by atoms with Gasteiger partial charge in [-0.2, -0.15) is 0 Å². The van der Waals surface area contributed by atoms with Crippen LogP contribution in [0.15, 0.2) is 30.0 Å². The van der Waals surface area contributed by atoms with E-state index in [9.17, 15) is 14.0 Å². The van der Waals surface area contributed by atoms with Crippen molar-refractivity contribution in [2.24, 2.45) is 5.92 Å². The van der Waals surface area contributed by atoms with Crippen molar-refractivity contribution in [1.82, 2.24) is 9.80 Å². The number of carbonyl (C=O) groups is 2. The SMILES string of the molecule is CN(C)C=C1CC(N2CCC(Cc3ccc(F)cc3Cl)C2=O)CCC1=O. The number of halogens is 2. The van der Waals surface area contributed by atoms with Crippen LogP contribution in [0.25, 0.3) is 0 Å². The molecule has 1 saturated carbocycles. The molecule has 4 nitrogen and oxygen atoms in total. The Morgan fingerprint density at radius 2 is 2.08 bits per heavy atom. The monoisotopic (exact) mass is 378 g/mol. The van der Waals surface area contributed by atoms with Crippen LogP contribution in [-0.2, 0) is 16.0 Å². The van der Waals surface area contributed by atoms with E-state index in [0.29, 0.717) is 30.8 Å². The first-order valence-corrected chi connectivity index (χ1v) is 9.37. The summed E-state index contributed by atoms with van der Waals surface area (Å²) in [5, 5.41) is 0.371. The molecule has 1 aliphatic heterocycles. The highest BCUT2D eigenvalue weighted by molar-refractivity contribution is 6.31. The molecule has 1 aromatic rings. The average Bonchev–Trinajstić information content (AvgIpc) is 2.93. The minimum absolute atomic E-state index is 0.0834. The summed E-state index contributed by atoms with van der Waals surface area (Å²) in [5.74, 6) is -0.202. The Balaban J connectivity index is 1.68. The van der Waals surface area contributed by atoms with E-state index < -0.39 is 0 Å². The van der Waals surface area contributed by atoms with Gasteiger partial charge < -0.3 is 9.80 Å². The Hall–Kier alpha value is -1.88. The molecule has 140 valence electrons. The number of benzene rings is 1. The second-order valence-corrected chi connectivity index (χ2v) is 7.80. The van der Waals surface area contributed by atoms with Gasteiger partial charge in [-0.15, -0.1) is 0 Å². The Morgan fingerprint density at radius 1 is 1.31 bits per heavy atom. The summed E-state index contributed by atoms with van der Waals surface area (Å²) in [4.78, 5) is 28.8. The van der Waals surface area contributed by atoms with Gasteiger partial charge in [-0.25, -0.2) is 4.39 Å². The van der Waals surface area contributed by atoms with Crippen molar-refractivity contribution >= 4 is 23.3 Å². The summed E-state index contributed by atoms with van der Waals surface area (Å²) in [6, 6.07) is 4.41. The lowest BCUT2D eigenvalue weighted by Gasteiger charge is -2.32. The van der Waals surface area contributed by atoms with Crippen LogP contribution in [0.3, 0.4) is 0 Å². The highest BCUT2D eigenvalue weighted by Crippen LogP contribution is 2.32. The van der Waals surface area contributed by atoms with Crippen LogP contribution in [0.1, 0.15) is 31.2 Å². The number of hydrogen-bond donors (Lipinski definition) is 0. The van der Waals surface area contributed by atoms with Crippen LogP contribution >= 0.6 is 11.6 Å². The topological polar surface area (TPSA) is 40.6 Å². The molecule has 3 rings (SSSR count). The number of nitrogens with zero attached hydrogens (tertiary/aromatic N) is 2. The summed E-state index contributed by atoms with van der Waals surface area (Å²) in [6.07, 6.45) is 4.99. The molecule has 0 spiro atoms. The molecule has 2 fully saturated rings. The van der Waals surface area contributed by atoms with Gasteiger partial charge in [0.05, 0.1) is 0 Å². The average molecular weight is 379 g/mol. The molecule has 1 amide bonds. The van der Waals surface area contributed by atoms with E-state index in [1.807, 2.05) is 30.1 Å². The van der Waals surface area contributed by atoms with Gasteiger partial charge in [-0.1, -0.05) is 17.7 Å². The van der Waals surface area contributed by atoms with Crippen molar-refractivity contribution in [2.75, 3.05) is 20.6 Å². The molecule has 2 aliphatic rings. The van der Waals surface area contributed by atoms with Crippen LogP contribution in [-0.4, -0.2) is 48.2 Å². The molecule has 2 atom stereocenters. The first-order valence-electron chi connectivity index (χ1n) is 9.00. The Bertz CT molecular complexity index is 747. The van der Waals surface area contributed by atoms with Crippen molar-refractivity contribution in [1.29, 1.82) is 0 Å². The summed E-state index contributed by atoms with van der Waals surface area (Å²) < 4.78 is 13.2. The van der Waals surface area contributed by atoms with Gasteiger partial charge in [0.2, 0.25) is 5.91 Å². The fourth-order valence-corrected chi connectivity index (χ4v) is 4.14. The molecule has 0 radical (unpaired) electrons. The zero-order valence-electron chi connectivity index (χ0n) is 15.2. The smallest absolute Gasteiger partial charge is 0.226 e. The van der Waals surface area contributed by atoms with Crippen molar-refractivity contribution in [3.8, 4) is 0 Å². The molecule has 26 heavy (non-hydrogen) atoms. The molecule has 6 heteroatoms. The third-order valence-electron chi connectivity index (χ3n) is 5.21. The summed E-state index contributed by atoms with van der Waals surface area (Å²) in [7, 11) is 3.79. The number of ketones is 1. The van der Waals surface area contributed by atoms with Gasteiger partial charge in [0, 0.05) is 55.8 Å². The molecule has 0 aromatic heterocycles. The molecular weight excluding hydrogens is 355 g/mol. The maximum absolute atomic E-state index is 13.2. The maximum Gasteiger partial charge on any atom is 0.226 e.